The fourth-order valence-corrected chi connectivity index (χ4v) is 1.53. The molecule has 0 heterocycles. The van der Waals surface area contributed by atoms with Crippen molar-refractivity contribution in [1.29, 1.82) is 0 Å². The number of hydrogen-bond donors (Lipinski definition) is 1. The van der Waals surface area contributed by atoms with Crippen molar-refractivity contribution >= 4 is 5.97 Å². The number of aryl methyl sites for hydroxylation is 2. The van der Waals surface area contributed by atoms with Gasteiger partial charge in [0.2, 0.25) is 0 Å². The van der Waals surface area contributed by atoms with Gasteiger partial charge in [0.1, 0.15) is 0 Å². The Morgan fingerprint density at radius 1 is 1.38 bits per heavy atom. The van der Waals surface area contributed by atoms with E-state index in [0.29, 0.717) is 19.6 Å². The van der Waals surface area contributed by atoms with E-state index in [2.05, 4.69) is 32.0 Å². The van der Waals surface area contributed by atoms with Crippen LogP contribution in [0.2, 0.25) is 0 Å². The Bertz CT molecular complexity index is 361. The van der Waals surface area contributed by atoms with Gasteiger partial charge >= 0.3 is 5.97 Å². The highest BCUT2D eigenvalue weighted by Crippen LogP contribution is 2.11. The summed E-state index contributed by atoms with van der Waals surface area (Å²) in [5, 5.41) is 0. The minimum Gasteiger partial charge on any atom is -0.465 e. The molecule has 0 unspecified atom stereocenters. The van der Waals surface area contributed by atoms with E-state index in [1.807, 2.05) is 0 Å². The van der Waals surface area contributed by atoms with Crippen molar-refractivity contribution in [3.63, 3.8) is 0 Å². The third-order valence-corrected chi connectivity index (χ3v) is 2.49. The molecular formula is C13H19NO2. The van der Waals surface area contributed by atoms with Crippen LogP contribution in [0, 0.1) is 13.8 Å². The molecule has 0 aliphatic heterocycles. The summed E-state index contributed by atoms with van der Waals surface area (Å²) in [4.78, 5) is 11.1. The molecule has 0 aliphatic rings. The minimum absolute atomic E-state index is 0.215. The largest absolute Gasteiger partial charge is 0.465 e. The second-order valence-corrected chi connectivity index (χ2v) is 3.94. The molecule has 0 fully saturated rings. The van der Waals surface area contributed by atoms with E-state index in [9.17, 15) is 4.79 Å². The van der Waals surface area contributed by atoms with Gasteiger partial charge in [0, 0.05) is 13.0 Å². The molecule has 2 N–H and O–H groups in total. The molecule has 0 aliphatic carbocycles. The summed E-state index contributed by atoms with van der Waals surface area (Å²) in [6, 6.07) is 6.30. The van der Waals surface area contributed by atoms with Crippen molar-refractivity contribution in [2.45, 2.75) is 26.7 Å². The lowest BCUT2D eigenvalue weighted by atomic mass is 10.0. The Morgan fingerprint density at radius 3 is 2.81 bits per heavy atom. The number of hydrogen-bond acceptors (Lipinski definition) is 3. The summed E-state index contributed by atoms with van der Waals surface area (Å²) in [5.74, 6) is -0.215. The van der Waals surface area contributed by atoms with Crippen molar-refractivity contribution < 1.29 is 9.53 Å². The quantitative estimate of drug-likeness (QED) is 0.770. The zero-order valence-corrected chi connectivity index (χ0v) is 9.95. The van der Waals surface area contributed by atoms with Crippen LogP contribution in [0.5, 0.6) is 0 Å². The normalized spacial score (nSPS) is 10.2. The molecule has 0 spiro atoms. The van der Waals surface area contributed by atoms with Crippen LogP contribution in [-0.2, 0) is 16.0 Å². The molecule has 0 bridgehead atoms. The van der Waals surface area contributed by atoms with Crippen LogP contribution in [0.15, 0.2) is 18.2 Å². The van der Waals surface area contributed by atoms with Gasteiger partial charge in [-0.3, -0.25) is 4.79 Å². The Kier molecular flexibility index (Phi) is 4.99. The van der Waals surface area contributed by atoms with Gasteiger partial charge in [-0.15, -0.1) is 0 Å². The van der Waals surface area contributed by atoms with Gasteiger partial charge in [-0.25, -0.2) is 0 Å². The van der Waals surface area contributed by atoms with Crippen molar-refractivity contribution in [1.82, 2.24) is 0 Å². The van der Waals surface area contributed by atoms with Crippen molar-refractivity contribution in [2.24, 2.45) is 5.73 Å². The Morgan fingerprint density at radius 2 is 2.12 bits per heavy atom. The van der Waals surface area contributed by atoms with Crippen molar-refractivity contribution in [3.05, 3.63) is 34.9 Å². The van der Waals surface area contributed by atoms with Crippen LogP contribution in [0.4, 0.5) is 0 Å². The third-order valence-electron chi connectivity index (χ3n) is 2.49. The molecule has 3 nitrogen and oxygen atoms in total. The topological polar surface area (TPSA) is 52.3 Å². The molecule has 1 aromatic carbocycles. The van der Waals surface area contributed by atoms with Gasteiger partial charge in [-0.2, -0.15) is 0 Å². The summed E-state index contributed by atoms with van der Waals surface area (Å²) in [7, 11) is 0. The van der Waals surface area contributed by atoms with Gasteiger partial charge in [-0.05, 0) is 25.0 Å². The monoisotopic (exact) mass is 221 g/mol. The number of carbonyl (C=O) groups is 1. The maximum Gasteiger partial charge on any atom is 0.307 e. The molecule has 1 rings (SSSR count). The van der Waals surface area contributed by atoms with E-state index in [0.717, 1.165) is 6.42 Å². The van der Waals surface area contributed by atoms with Crippen LogP contribution in [-0.4, -0.2) is 19.1 Å². The summed E-state index contributed by atoms with van der Waals surface area (Å²) < 4.78 is 5.06. The molecule has 0 atom stereocenters. The average Bonchev–Trinajstić information content (AvgIpc) is 2.23. The van der Waals surface area contributed by atoms with Crippen LogP contribution in [0.25, 0.3) is 0 Å². The SMILES string of the molecule is Cc1ccc(C)c(CCOC(=O)CCN)c1. The first-order valence-electron chi connectivity index (χ1n) is 5.55. The Hall–Kier alpha value is -1.35. The first-order valence-corrected chi connectivity index (χ1v) is 5.55. The fraction of sp³-hybridized carbons (Fsp3) is 0.462. The zero-order valence-electron chi connectivity index (χ0n) is 9.95. The molecule has 0 amide bonds. The average molecular weight is 221 g/mol. The number of nitrogens with two attached hydrogens (primary N) is 1. The van der Waals surface area contributed by atoms with E-state index in [1.54, 1.807) is 0 Å². The first kappa shape index (κ1) is 12.7. The summed E-state index contributed by atoms with van der Waals surface area (Å²) in [6.45, 7) is 4.91. The number of carbonyl (C=O) groups excluding carboxylic acids is 1. The zero-order chi connectivity index (χ0) is 12.0. The van der Waals surface area contributed by atoms with E-state index < -0.39 is 0 Å². The highest BCUT2D eigenvalue weighted by Gasteiger charge is 2.03. The number of esters is 1. The van der Waals surface area contributed by atoms with E-state index in [-0.39, 0.29) is 5.97 Å². The molecule has 0 saturated heterocycles. The lowest BCUT2D eigenvalue weighted by Crippen LogP contribution is -2.13. The number of benzene rings is 1. The third kappa shape index (κ3) is 4.03. The van der Waals surface area contributed by atoms with Crippen LogP contribution >= 0.6 is 0 Å². The smallest absolute Gasteiger partial charge is 0.307 e. The predicted octanol–water partition coefficient (Wildman–Crippen LogP) is 1.74. The summed E-state index contributed by atoms with van der Waals surface area (Å²) in [6.07, 6.45) is 1.07. The minimum atomic E-state index is -0.215. The maximum atomic E-state index is 11.1. The molecule has 88 valence electrons. The van der Waals surface area contributed by atoms with Gasteiger partial charge in [0.15, 0.2) is 0 Å². The lowest BCUT2D eigenvalue weighted by Gasteiger charge is -2.07. The number of ether oxygens (including phenoxy) is 1. The highest BCUT2D eigenvalue weighted by atomic mass is 16.5. The molecule has 0 radical (unpaired) electrons. The molecule has 0 saturated carbocycles. The summed E-state index contributed by atoms with van der Waals surface area (Å²) in [5.41, 5.74) is 8.96. The molecule has 0 aromatic heterocycles. The molecule has 16 heavy (non-hydrogen) atoms. The molecule has 1 aromatic rings. The van der Waals surface area contributed by atoms with Crippen LogP contribution in [0.1, 0.15) is 23.1 Å². The predicted molar refractivity (Wildman–Crippen MR) is 64.3 cm³/mol. The van der Waals surface area contributed by atoms with E-state index >= 15 is 0 Å². The van der Waals surface area contributed by atoms with Crippen molar-refractivity contribution in [2.75, 3.05) is 13.2 Å². The first-order chi connectivity index (χ1) is 7.63. The highest BCUT2D eigenvalue weighted by molar-refractivity contribution is 5.69. The molecular weight excluding hydrogens is 202 g/mol. The Labute approximate surface area is 96.6 Å². The van der Waals surface area contributed by atoms with E-state index in [4.69, 9.17) is 10.5 Å². The summed E-state index contributed by atoms with van der Waals surface area (Å²) >= 11 is 0. The Balaban J connectivity index is 2.42. The van der Waals surface area contributed by atoms with Gasteiger partial charge < -0.3 is 10.5 Å². The molecule has 3 heteroatoms. The second kappa shape index (κ2) is 6.28. The van der Waals surface area contributed by atoms with Crippen molar-refractivity contribution in [3.8, 4) is 0 Å². The van der Waals surface area contributed by atoms with Gasteiger partial charge in [0.05, 0.1) is 13.0 Å². The van der Waals surface area contributed by atoms with Crippen LogP contribution < -0.4 is 5.73 Å². The standard InChI is InChI=1S/C13H19NO2/c1-10-3-4-11(2)12(9-10)6-8-16-13(15)5-7-14/h3-4,9H,5-8,14H2,1-2H3. The van der Waals surface area contributed by atoms with Gasteiger partial charge in [-0.1, -0.05) is 23.8 Å². The van der Waals surface area contributed by atoms with Gasteiger partial charge in [0.25, 0.3) is 0 Å². The number of rotatable bonds is 5. The fourth-order valence-electron chi connectivity index (χ4n) is 1.53. The maximum absolute atomic E-state index is 11.1. The second-order valence-electron chi connectivity index (χ2n) is 3.94. The lowest BCUT2D eigenvalue weighted by molar-refractivity contribution is -0.143. The van der Waals surface area contributed by atoms with Crippen LogP contribution in [0.3, 0.4) is 0 Å². The van der Waals surface area contributed by atoms with E-state index in [1.165, 1.54) is 16.7 Å².